The Hall–Kier alpha value is -2.68. The predicted molar refractivity (Wildman–Crippen MR) is 96.5 cm³/mol. The van der Waals surface area contributed by atoms with Crippen molar-refractivity contribution in [3.05, 3.63) is 47.7 Å². The van der Waals surface area contributed by atoms with E-state index in [-0.39, 0.29) is 23.9 Å². The van der Waals surface area contributed by atoms with Gasteiger partial charge in [0.15, 0.2) is 0 Å². The minimum atomic E-state index is -4.07. The van der Waals surface area contributed by atoms with E-state index in [0.717, 1.165) is 16.1 Å². The van der Waals surface area contributed by atoms with Crippen molar-refractivity contribution >= 4 is 27.8 Å². The number of carbonyl (C=O) groups is 2. The highest BCUT2D eigenvalue weighted by atomic mass is 32.2. The minimum absolute atomic E-state index is 0.00517. The maximum atomic E-state index is 12.3. The van der Waals surface area contributed by atoms with Crippen molar-refractivity contribution in [1.82, 2.24) is 9.62 Å². The Labute approximate surface area is 152 Å². The molecule has 8 nitrogen and oxygen atoms in total. The van der Waals surface area contributed by atoms with Crippen molar-refractivity contribution in [2.45, 2.75) is 26.8 Å². The molecule has 1 aliphatic rings. The van der Waals surface area contributed by atoms with Gasteiger partial charge in [0.1, 0.15) is 6.54 Å². The third-order valence-corrected chi connectivity index (χ3v) is 5.02. The molecule has 1 atom stereocenters. The molecule has 1 aliphatic heterocycles. The quantitative estimate of drug-likeness (QED) is 0.751. The lowest BCUT2D eigenvalue weighted by Gasteiger charge is -2.23. The molecule has 0 bridgehead atoms. The summed E-state index contributed by atoms with van der Waals surface area (Å²) < 4.78 is 33.5. The maximum Gasteiger partial charge on any atom is 0.344 e. The summed E-state index contributed by atoms with van der Waals surface area (Å²) in [5.41, 5.74) is 0.919. The molecule has 1 amide bonds. The van der Waals surface area contributed by atoms with E-state index in [4.69, 9.17) is 4.74 Å². The molecule has 0 saturated carbocycles. The van der Waals surface area contributed by atoms with Gasteiger partial charge in [0, 0.05) is 6.20 Å². The minimum Gasteiger partial charge on any atom is -0.462 e. The first-order valence-corrected chi connectivity index (χ1v) is 9.46. The van der Waals surface area contributed by atoms with E-state index in [2.05, 4.69) is 9.71 Å². The van der Waals surface area contributed by atoms with Crippen molar-refractivity contribution in [3.8, 4) is 0 Å². The zero-order valence-corrected chi connectivity index (χ0v) is 15.6. The average molecular weight is 379 g/mol. The molecule has 1 N–H and O–H groups in total. The summed E-state index contributed by atoms with van der Waals surface area (Å²) in [5.74, 6) is -1.20. The van der Waals surface area contributed by atoms with E-state index in [9.17, 15) is 18.0 Å². The second-order valence-corrected chi connectivity index (χ2v) is 7.21. The first-order chi connectivity index (χ1) is 12.2. The highest BCUT2D eigenvalue weighted by Crippen LogP contribution is 2.18. The molecule has 0 saturated heterocycles. The second-order valence-electron chi connectivity index (χ2n) is 5.66. The molecular weight excluding hydrogens is 358 g/mol. The molecule has 1 aromatic rings. The zero-order chi connectivity index (χ0) is 19.3. The highest BCUT2D eigenvalue weighted by molar-refractivity contribution is 7.88. The van der Waals surface area contributed by atoms with Crippen LogP contribution < -0.4 is 5.32 Å². The van der Waals surface area contributed by atoms with Crippen molar-refractivity contribution in [2.75, 3.05) is 13.2 Å². The normalized spacial score (nSPS) is 17.0. The Morgan fingerprint density at radius 2 is 1.92 bits per heavy atom. The Morgan fingerprint density at radius 3 is 2.54 bits per heavy atom. The van der Waals surface area contributed by atoms with Gasteiger partial charge >= 0.3 is 16.2 Å². The third-order valence-electron chi connectivity index (χ3n) is 3.68. The number of benzene rings is 1. The molecule has 1 aromatic carbocycles. The van der Waals surface area contributed by atoms with Gasteiger partial charge in [0.25, 0.3) is 0 Å². The first kappa shape index (κ1) is 19.6. The van der Waals surface area contributed by atoms with Gasteiger partial charge in [-0.2, -0.15) is 8.42 Å². The van der Waals surface area contributed by atoms with Crippen LogP contribution in [0.3, 0.4) is 0 Å². The Bertz CT molecular complexity index is 846. The zero-order valence-electron chi connectivity index (χ0n) is 14.8. The van der Waals surface area contributed by atoms with Crippen molar-refractivity contribution in [2.24, 2.45) is 4.40 Å². The summed E-state index contributed by atoms with van der Waals surface area (Å²) in [6.45, 7) is 4.49. The number of rotatable bonds is 6. The molecule has 0 unspecified atom stereocenters. The first-order valence-electron chi connectivity index (χ1n) is 8.06. The number of esters is 1. The van der Waals surface area contributed by atoms with E-state index in [1.165, 1.54) is 6.92 Å². The van der Waals surface area contributed by atoms with Crippen LogP contribution in [0.15, 0.2) is 46.5 Å². The molecule has 0 fully saturated rings. The molecule has 2 rings (SSSR count). The SMILES string of the molecule is CCOC(=O)C1=CN(CC(=O)N[C@@H](C)c2ccccc2)S(=O)(=O)N=C1C. The predicted octanol–water partition coefficient (Wildman–Crippen LogP) is 1.33. The third kappa shape index (κ3) is 4.69. The largest absolute Gasteiger partial charge is 0.462 e. The molecule has 9 heteroatoms. The van der Waals surface area contributed by atoms with E-state index in [1.807, 2.05) is 30.3 Å². The van der Waals surface area contributed by atoms with Crippen LogP contribution in [0.5, 0.6) is 0 Å². The van der Waals surface area contributed by atoms with Crippen LogP contribution >= 0.6 is 0 Å². The van der Waals surface area contributed by atoms with Gasteiger partial charge in [-0.3, -0.25) is 4.79 Å². The van der Waals surface area contributed by atoms with Crippen LogP contribution in [0.25, 0.3) is 0 Å². The number of hydrogen-bond donors (Lipinski definition) is 1. The summed E-state index contributed by atoms with van der Waals surface area (Å²) in [6, 6.07) is 8.97. The Balaban J connectivity index is 2.13. The molecule has 140 valence electrons. The van der Waals surface area contributed by atoms with Crippen molar-refractivity contribution in [3.63, 3.8) is 0 Å². The number of carbonyl (C=O) groups excluding carboxylic acids is 2. The molecular formula is C17H21N3O5S. The number of hydrogen-bond acceptors (Lipinski definition) is 5. The van der Waals surface area contributed by atoms with Gasteiger partial charge in [-0.15, -0.1) is 4.40 Å². The maximum absolute atomic E-state index is 12.3. The van der Waals surface area contributed by atoms with Crippen LogP contribution in [-0.2, 0) is 24.5 Å². The van der Waals surface area contributed by atoms with Crippen LogP contribution in [0.2, 0.25) is 0 Å². The van der Waals surface area contributed by atoms with E-state index >= 15 is 0 Å². The van der Waals surface area contributed by atoms with E-state index in [0.29, 0.717) is 0 Å². The van der Waals surface area contributed by atoms with Crippen LogP contribution in [0.4, 0.5) is 0 Å². The lowest BCUT2D eigenvalue weighted by Crippen LogP contribution is -2.40. The number of amides is 1. The topological polar surface area (TPSA) is 105 Å². The van der Waals surface area contributed by atoms with Gasteiger partial charge in [-0.1, -0.05) is 30.3 Å². The fraction of sp³-hybridized carbons (Fsp3) is 0.353. The van der Waals surface area contributed by atoms with Gasteiger partial charge < -0.3 is 10.1 Å². The number of nitrogens with zero attached hydrogens (tertiary/aromatic N) is 2. The van der Waals surface area contributed by atoms with Crippen molar-refractivity contribution in [1.29, 1.82) is 0 Å². The highest BCUT2D eigenvalue weighted by Gasteiger charge is 2.30. The summed E-state index contributed by atoms with van der Waals surface area (Å²) >= 11 is 0. The van der Waals surface area contributed by atoms with Gasteiger partial charge in [-0.05, 0) is 26.3 Å². The molecule has 1 heterocycles. The lowest BCUT2D eigenvalue weighted by atomic mass is 10.1. The Kier molecular flexibility index (Phi) is 6.14. The number of nitrogens with one attached hydrogen (secondary N) is 1. The standard InChI is InChI=1S/C17H21N3O5S/c1-4-25-17(22)15-10-20(26(23,24)19-13(15)3)11-16(21)18-12(2)14-8-6-5-7-9-14/h5-10,12H,4,11H2,1-3H3,(H,18,21)/t12-/m0/s1. The van der Waals surface area contributed by atoms with Crippen LogP contribution in [0.1, 0.15) is 32.4 Å². The van der Waals surface area contributed by atoms with Gasteiger partial charge in [0.05, 0.1) is 23.9 Å². The van der Waals surface area contributed by atoms with E-state index in [1.54, 1.807) is 13.8 Å². The molecule has 0 aliphatic carbocycles. The second kappa shape index (κ2) is 8.13. The summed E-state index contributed by atoms with van der Waals surface area (Å²) in [7, 11) is -4.07. The fourth-order valence-electron chi connectivity index (χ4n) is 2.37. The molecule has 0 radical (unpaired) electrons. The summed E-state index contributed by atoms with van der Waals surface area (Å²) in [4.78, 5) is 24.2. The van der Waals surface area contributed by atoms with Gasteiger partial charge in [0.2, 0.25) is 5.91 Å². The number of ether oxygens (including phenoxy) is 1. The molecule has 0 spiro atoms. The lowest BCUT2D eigenvalue weighted by molar-refractivity contribution is -0.138. The van der Waals surface area contributed by atoms with Crippen LogP contribution in [0, 0.1) is 0 Å². The van der Waals surface area contributed by atoms with Crippen LogP contribution in [-0.4, -0.2) is 43.5 Å². The van der Waals surface area contributed by atoms with Crippen molar-refractivity contribution < 1.29 is 22.7 Å². The van der Waals surface area contributed by atoms with Gasteiger partial charge in [-0.25, -0.2) is 9.10 Å². The summed E-state index contributed by atoms with van der Waals surface area (Å²) in [5, 5.41) is 2.72. The molecule has 26 heavy (non-hydrogen) atoms. The smallest absolute Gasteiger partial charge is 0.344 e. The van der Waals surface area contributed by atoms with E-state index < -0.39 is 28.6 Å². The molecule has 0 aromatic heterocycles. The fourth-order valence-corrected chi connectivity index (χ4v) is 3.44. The monoisotopic (exact) mass is 379 g/mol. The average Bonchev–Trinajstić information content (AvgIpc) is 2.57. The Morgan fingerprint density at radius 1 is 1.27 bits per heavy atom. The summed E-state index contributed by atoms with van der Waals surface area (Å²) in [6.07, 6.45) is 1.09.